The summed E-state index contributed by atoms with van der Waals surface area (Å²) in [7, 11) is 0. The van der Waals surface area contributed by atoms with Crippen LogP contribution in [0.2, 0.25) is 0 Å². The SMILES string of the molecule is CC(N)Cc1ccc(C(=O)[C@@H]2CCCN2C(=O)C(F)(F)F)cc1. The van der Waals surface area contributed by atoms with Crippen LogP contribution < -0.4 is 5.73 Å². The van der Waals surface area contributed by atoms with E-state index in [1.807, 2.05) is 6.92 Å². The highest BCUT2D eigenvalue weighted by Gasteiger charge is 2.47. The molecule has 2 rings (SSSR count). The smallest absolute Gasteiger partial charge is 0.328 e. The van der Waals surface area contributed by atoms with E-state index in [4.69, 9.17) is 5.73 Å². The Morgan fingerprint density at radius 1 is 1.30 bits per heavy atom. The standard InChI is InChI=1S/C16H19F3N2O2/c1-10(20)9-11-4-6-12(7-5-11)14(22)13-3-2-8-21(13)15(23)16(17,18)19/h4-7,10,13H,2-3,8-9,20H2,1H3/t10?,13-/m0/s1. The molecule has 0 aliphatic carbocycles. The van der Waals surface area contributed by atoms with Crippen LogP contribution in [0.4, 0.5) is 13.2 Å². The predicted molar refractivity (Wildman–Crippen MR) is 78.9 cm³/mol. The average molecular weight is 328 g/mol. The van der Waals surface area contributed by atoms with Gasteiger partial charge in [-0.3, -0.25) is 9.59 Å². The van der Waals surface area contributed by atoms with Crippen LogP contribution in [-0.4, -0.2) is 41.4 Å². The van der Waals surface area contributed by atoms with E-state index in [2.05, 4.69) is 0 Å². The molecule has 2 atom stereocenters. The Morgan fingerprint density at radius 3 is 2.43 bits per heavy atom. The zero-order chi connectivity index (χ0) is 17.2. The van der Waals surface area contributed by atoms with Crippen molar-refractivity contribution in [2.24, 2.45) is 5.73 Å². The number of likely N-dealkylation sites (tertiary alicyclic amines) is 1. The van der Waals surface area contributed by atoms with E-state index in [9.17, 15) is 22.8 Å². The van der Waals surface area contributed by atoms with Crippen LogP contribution in [0, 0.1) is 0 Å². The van der Waals surface area contributed by atoms with Gasteiger partial charge in [-0.25, -0.2) is 0 Å². The minimum absolute atomic E-state index is 0.0220. The van der Waals surface area contributed by atoms with Gasteiger partial charge in [0.05, 0.1) is 6.04 Å². The van der Waals surface area contributed by atoms with Crippen molar-refractivity contribution in [2.45, 2.75) is 44.4 Å². The molecule has 126 valence electrons. The van der Waals surface area contributed by atoms with Crippen molar-refractivity contribution in [1.29, 1.82) is 0 Å². The molecule has 0 aromatic heterocycles. The van der Waals surface area contributed by atoms with Crippen molar-refractivity contribution in [1.82, 2.24) is 4.90 Å². The number of benzene rings is 1. The first kappa shape index (κ1) is 17.5. The maximum Gasteiger partial charge on any atom is 0.471 e. The fourth-order valence-electron chi connectivity index (χ4n) is 2.81. The zero-order valence-corrected chi connectivity index (χ0v) is 12.8. The van der Waals surface area contributed by atoms with Crippen LogP contribution >= 0.6 is 0 Å². The van der Waals surface area contributed by atoms with Gasteiger partial charge in [0.15, 0.2) is 5.78 Å². The fraction of sp³-hybridized carbons (Fsp3) is 0.500. The molecule has 1 aromatic rings. The Balaban J connectivity index is 2.14. The number of carbonyl (C=O) groups is 2. The lowest BCUT2D eigenvalue weighted by Crippen LogP contribution is -2.46. The fourth-order valence-corrected chi connectivity index (χ4v) is 2.81. The summed E-state index contributed by atoms with van der Waals surface area (Å²) in [6.45, 7) is 1.82. The number of amides is 1. The molecule has 2 N–H and O–H groups in total. The minimum atomic E-state index is -4.95. The molecule has 0 bridgehead atoms. The Bertz CT molecular complexity index is 582. The molecule has 1 aliphatic rings. The first-order chi connectivity index (χ1) is 10.7. The first-order valence-corrected chi connectivity index (χ1v) is 7.46. The van der Waals surface area contributed by atoms with Crippen molar-refractivity contribution in [3.8, 4) is 0 Å². The van der Waals surface area contributed by atoms with E-state index in [-0.39, 0.29) is 19.0 Å². The Kier molecular flexibility index (Phi) is 5.09. The van der Waals surface area contributed by atoms with E-state index >= 15 is 0 Å². The number of carbonyl (C=O) groups excluding carboxylic acids is 2. The Morgan fingerprint density at radius 2 is 1.91 bits per heavy atom. The van der Waals surface area contributed by atoms with Gasteiger partial charge in [-0.15, -0.1) is 0 Å². The van der Waals surface area contributed by atoms with Gasteiger partial charge in [0, 0.05) is 18.2 Å². The number of nitrogens with zero attached hydrogens (tertiary/aromatic N) is 1. The first-order valence-electron chi connectivity index (χ1n) is 7.46. The van der Waals surface area contributed by atoms with E-state index in [1.54, 1.807) is 24.3 Å². The van der Waals surface area contributed by atoms with Gasteiger partial charge >= 0.3 is 12.1 Å². The van der Waals surface area contributed by atoms with Gasteiger partial charge in [0.1, 0.15) is 0 Å². The lowest BCUT2D eigenvalue weighted by atomic mass is 9.99. The molecule has 1 fully saturated rings. The van der Waals surface area contributed by atoms with Crippen LogP contribution in [0.25, 0.3) is 0 Å². The normalized spacial score (nSPS) is 19.7. The Labute approximate surface area is 132 Å². The van der Waals surface area contributed by atoms with Crippen molar-refractivity contribution in [3.63, 3.8) is 0 Å². The lowest BCUT2D eigenvalue weighted by Gasteiger charge is -2.24. The maximum atomic E-state index is 12.6. The average Bonchev–Trinajstić information content (AvgIpc) is 2.94. The molecule has 0 radical (unpaired) electrons. The predicted octanol–water partition coefficient (Wildman–Crippen LogP) is 2.31. The van der Waals surface area contributed by atoms with E-state index in [1.165, 1.54) is 0 Å². The third-order valence-corrected chi connectivity index (χ3v) is 3.85. The summed E-state index contributed by atoms with van der Waals surface area (Å²) in [4.78, 5) is 24.5. The number of halogens is 3. The number of nitrogens with two attached hydrogens (primary N) is 1. The topological polar surface area (TPSA) is 63.4 Å². The second kappa shape index (κ2) is 6.70. The molecule has 1 saturated heterocycles. The summed E-state index contributed by atoms with van der Waals surface area (Å²) in [5, 5.41) is 0. The molecule has 23 heavy (non-hydrogen) atoms. The molecule has 0 saturated carbocycles. The summed E-state index contributed by atoms with van der Waals surface area (Å²) < 4.78 is 37.8. The van der Waals surface area contributed by atoms with Crippen molar-refractivity contribution in [3.05, 3.63) is 35.4 Å². The molecule has 1 amide bonds. The summed E-state index contributed by atoms with van der Waals surface area (Å²) in [6, 6.07) is 5.57. The number of rotatable bonds is 4. The molecule has 4 nitrogen and oxygen atoms in total. The number of Topliss-reactive ketones (excluding diaryl/α,β-unsaturated/α-hetero) is 1. The van der Waals surface area contributed by atoms with Gasteiger partial charge in [-0.1, -0.05) is 24.3 Å². The molecule has 7 heteroatoms. The monoisotopic (exact) mass is 328 g/mol. The third-order valence-electron chi connectivity index (χ3n) is 3.85. The number of hydrogen-bond donors (Lipinski definition) is 1. The van der Waals surface area contributed by atoms with Gasteiger partial charge in [0.25, 0.3) is 0 Å². The second-order valence-electron chi connectivity index (χ2n) is 5.90. The molecular formula is C16H19F3N2O2. The largest absolute Gasteiger partial charge is 0.471 e. The van der Waals surface area contributed by atoms with Crippen LogP contribution in [0.5, 0.6) is 0 Å². The van der Waals surface area contributed by atoms with Crippen molar-refractivity contribution in [2.75, 3.05) is 6.54 Å². The summed E-state index contributed by atoms with van der Waals surface area (Å²) in [6.07, 6.45) is -3.66. The van der Waals surface area contributed by atoms with Gasteiger partial charge < -0.3 is 10.6 Å². The number of alkyl halides is 3. The molecule has 1 heterocycles. The van der Waals surface area contributed by atoms with Crippen LogP contribution in [0.15, 0.2) is 24.3 Å². The molecule has 1 unspecified atom stereocenters. The van der Waals surface area contributed by atoms with E-state index < -0.39 is 23.9 Å². The highest BCUT2D eigenvalue weighted by molar-refractivity contribution is 6.02. The molecule has 0 spiro atoms. The molecule has 1 aromatic carbocycles. The van der Waals surface area contributed by atoms with Crippen LogP contribution in [0.3, 0.4) is 0 Å². The van der Waals surface area contributed by atoms with E-state index in [0.29, 0.717) is 23.3 Å². The van der Waals surface area contributed by atoms with Crippen LogP contribution in [-0.2, 0) is 11.2 Å². The maximum absolute atomic E-state index is 12.6. The van der Waals surface area contributed by atoms with Gasteiger partial charge in [0.2, 0.25) is 0 Å². The summed E-state index contributed by atoms with van der Waals surface area (Å²) in [5.74, 6) is -2.39. The number of ketones is 1. The summed E-state index contributed by atoms with van der Waals surface area (Å²) >= 11 is 0. The minimum Gasteiger partial charge on any atom is -0.328 e. The Hall–Kier alpha value is -1.89. The molecular weight excluding hydrogens is 309 g/mol. The van der Waals surface area contributed by atoms with Crippen molar-refractivity contribution >= 4 is 11.7 Å². The van der Waals surface area contributed by atoms with Gasteiger partial charge in [-0.2, -0.15) is 13.2 Å². The third kappa shape index (κ3) is 4.10. The van der Waals surface area contributed by atoms with E-state index in [0.717, 1.165) is 5.56 Å². The summed E-state index contributed by atoms with van der Waals surface area (Å²) in [5.41, 5.74) is 6.96. The van der Waals surface area contributed by atoms with Gasteiger partial charge in [-0.05, 0) is 31.7 Å². The lowest BCUT2D eigenvalue weighted by molar-refractivity contribution is -0.185. The van der Waals surface area contributed by atoms with Crippen LogP contribution in [0.1, 0.15) is 35.7 Å². The highest BCUT2D eigenvalue weighted by atomic mass is 19.4. The zero-order valence-electron chi connectivity index (χ0n) is 12.8. The second-order valence-corrected chi connectivity index (χ2v) is 5.90. The van der Waals surface area contributed by atoms with Crippen molar-refractivity contribution < 1.29 is 22.8 Å². The number of hydrogen-bond acceptors (Lipinski definition) is 3. The molecule has 1 aliphatic heterocycles. The quantitative estimate of drug-likeness (QED) is 0.863. The highest BCUT2D eigenvalue weighted by Crippen LogP contribution is 2.27.